The fraction of sp³-hybridized carbons (Fsp3) is 0.566. The van der Waals surface area contributed by atoms with Crippen LogP contribution < -0.4 is 0 Å². The average molecular weight is 815 g/mol. The first-order chi connectivity index (χ1) is 29.0. The number of carbonyl (C=O) groups is 3. The highest BCUT2D eigenvalue weighted by Crippen LogP contribution is 2.11. The van der Waals surface area contributed by atoms with Crippen molar-refractivity contribution in [2.75, 3.05) is 13.2 Å². The van der Waals surface area contributed by atoms with E-state index in [0.29, 0.717) is 19.3 Å². The minimum Gasteiger partial charge on any atom is -0.462 e. The van der Waals surface area contributed by atoms with Crippen molar-refractivity contribution in [3.8, 4) is 0 Å². The van der Waals surface area contributed by atoms with Crippen LogP contribution in [-0.2, 0) is 28.6 Å². The van der Waals surface area contributed by atoms with Crippen LogP contribution in [0, 0.1) is 0 Å². The van der Waals surface area contributed by atoms with E-state index in [4.69, 9.17) is 14.2 Å². The predicted molar refractivity (Wildman–Crippen MR) is 251 cm³/mol. The van der Waals surface area contributed by atoms with E-state index < -0.39 is 12.1 Å². The molecular weight excluding hydrogens is 733 g/mol. The number of hydrogen-bond donors (Lipinski definition) is 0. The van der Waals surface area contributed by atoms with Crippen molar-refractivity contribution in [2.45, 2.75) is 181 Å². The van der Waals surface area contributed by atoms with Crippen molar-refractivity contribution in [3.63, 3.8) is 0 Å². The molecular formula is C53H82O6. The highest BCUT2D eigenvalue weighted by atomic mass is 16.6. The molecule has 6 nitrogen and oxygen atoms in total. The first-order valence-electron chi connectivity index (χ1n) is 23.0. The Kier molecular flexibility index (Phi) is 43.2. The van der Waals surface area contributed by atoms with Crippen LogP contribution in [0.5, 0.6) is 0 Å². The molecule has 0 aromatic rings. The molecule has 330 valence electrons. The molecule has 0 aliphatic carbocycles. The Morgan fingerprint density at radius 3 is 1.12 bits per heavy atom. The Hall–Kier alpha value is -4.19. The summed E-state index contributed by atoms with van der Waals surface area (Å²) in [4.78, 5) is 37.6. The molecule has 0 heterocycles. The zero-order valence-corrected chi connectivity index (χ0v) is 37.5. The fourth-order valence-corrected chi connectivity index (χ4v) is 5.60. The van der Waals surface area contributed by atoms with E-state index >= 15 is 0 Å². The molecule has 0 amide bonds. The second kappa shape index (κ2) is 46.5. The van der Waals surface area contributed by atoms with Crippen LogP contribution in [0.3, 0.4) is 0 Å². The van der Waals surface area contributed by atoms with Crippen molar-refractivity contribution >= 4 is 17.9 Å². The van der Waals surface area contributed by atoms with Gasteiger partial charge in [0.2, 0.25) is 0 Å². The van der Waals surface area contributed by atoms with E-state index in [2.05, 4.69) is 130 Å². The lowest BCUT2D eigenvalue weighted by atomic mass is 10.1. The molecule has 1 atom stereocenters. The summed E-state index contributed by atoms with van der Waals surface area (Å²) >= 11 is 0. The molecule has 0 bridgehead atoms. The number of carbonyl (C=O) groups excluding carboxylic acids is 3. The number of allylic oxidation sites excluding steroid dienone is 19. The Morgan fingerprint density at radius 2 is 0.712 bits per heavy atom. The van der Waals surface area contributed by atoms with Gasteiger partial charge in [0.1, 0.15) is 13.2 Å². The summed E-state index contributed by atoms with van der Waals surface area (Å²) in [5.41, 5.74) is 0. The second-order valence-electron chi connectivity index (χ2n) is 14.6. The summed E-state index contributed by atoms with van der Waals surface area (Å²) in [5.74, 6) is -1.12. The maximum atomic E-state index is 12.7. The summed E-state index contributed by atoms with van der Waals surface area (Å²) in [6.45, 7) is 6.21. The summed E-state index contributed by atoms with van der Waals surface area (Å²) in [6.07, 6.45) is 63.6. The van der Waals surface area contributed by atoms with E-state index in [1.165, 1.54) is 25.7 Å². The molecule has 59 heavy (non-hydrogen) atoms. The van der Waals surface area contributed by atoms with E-state index in [1.54, 1.807) is 6.08 Å². The van der Waals surface area contributed by atoms with Gasteiger partial charge in [-0.25, -0.2) is 0 Å². The van der Waals surface area contributed by atoms with Crippen molar-refractivity contribution in [3.05, 3.63) is 122 Å². The largest absolute Gasteiger partial charge is 0.462 e. The quantitative estimate of drug-likeness (QED) is 0.0266. The monoisotopic (exact) mass is 815 g/mol. The molecule has 6 heteroatoms. The van der Waals surface area contributed by atoms with Gasteiger partial charge in [-0.2, -0.15) is 0 Å². The molecule has 0 fully saturated rings. The number of unbranched alkanes of at least 4 members (excludes halogenated alkanes) is 9. The Balaban J connectivity index is 4.51. The minimum absolute atomic E-state index is 0.0852. The van der Waals surface area contributed by atoms with E-state index in [9.17, 15) is 14.4 Å². The van der Waals surface area contributed by atoms with E-state index in [0.717, 1.165) is 103 Å². The average Bonchev–Trinajstić information content (AvgIpc) is 3.23. The molecule has 0 saturated carbocycles. The molecule has 0 rings (SSSR count). The van der Waals surface area contributed by atoms with Gasteiger partial charge in [0.15, 0.2) is 6.10 Å². The standard InChI is InChI=1S/C53H82O6/c1-4-7-10-13-16-18-20-22-24-25-26-27-29-30-32-34-37-40-43-46-52(55)58-49-50(48-57-51(54)45-42-39-36-15-12-9-6-3)59-53(56)47-44-41-38-35-33-31-28-23-21-19-17-14-11-8-5-2/h7-8,10-11,16-19,22-24,26-28,30,32-33,35,41,44,50H,4-6,9,12-15,20-21,25,29,31,34,36-40,42-43,45-49H2,1-3H3/b10-7-,11-8-,18-16-,19-17-,24-22-,27-26-,28-23-,32-30-,35-33-,44-41-. The number of hydrogen-bond acceptors (Lipinski definition) is 6. The van der Waals surface area contributed by atoms with Crippen molar-refractivity contribution in [1.29, 1.82) is 0 Å². The number of ether oxygens (including phenoxy) is 3. The lowest BCUT2D eigenvalue weighted by Gasteiger charge is -2.18. The van der Waals surface area contributed by atoms with Gasteiger partial charge in [-0.05, 0) is 89.9 Å². The molecule has 1 unspecified atom stereocenters. The smallest absolute Gasteiger partial charge is 0.310 e. The number of esters is 3. The highest BCUT2D eigenvalue weighted by Gasteiger charge is 2.19. The van der Waals surface area contributed by atoms with Gasteiger partial charge in [0.05, 0.1) is 6.42 Å². The first-order valence-corrected chi connectivity index (χ1v) is 23.0. The summed E-state index contributed by atoms with van der Waals surface area (Å²) < 4.78 is 16.5. The Morgan fingerprint density at radius 1 is 0.373 bits per heavy atom. The molecule has 0 radical (unpaired) electrons. The second-order valence-corrected chi connectivity index (χ2v) is 14.6. The molecule has 0 saturated heterocycles. The van der Waals surface area contributed by atoms with Crippen molar-refractivity contribution < 1.29 is 28.6 Å². The third-order valence-corrected chi connectivity index (χ3v) is 8.99. The van der Waals surface area contributed by atoms with Gasteiger partial charge in [-0.3, -0.25) is 14.4 Å². The topological polar surface area (TPSA) is 78.9 Å². The predicted octanol–water partition coefficient (Wildman–Crippen LogP) is 15.0. The third-order valence-electron chi connectivity index (χ3n) is 8.99. The van der Waals surface area contributed by atoms with Gasteiger partial charge in [0.25, 0.3) is 0 Å². The van der Waals surface area contributed by atoms with Crippen molar-refractivity contribution in [2.24, 2.45) is 0 Å². The third kappa shape index (κ3) is 44.8. The molecule has 0 spiro atoms. The Labute approximate surface area is 361 Å². The van der Waals surface area contributed by atoms with Crippen LogP contribution >= 0.6 is 0 Å². The van der Waals surface area contributed by atoms with Gasteiger partial charge in [-0.15, -0.1) is 0 Å². The highest BCUT2D eigenvalue weighted by molar-refractivity contribution is 5.72. The van der Waals surface area contributed by atoms with Crippen LogP contribution in [-0.4, -0.2) is 37.2 Å². The van der Waals surface area contributed by atoms with E-state index in [-0.39, 0.29) is 31.6 Å². The molecule has 0 aromatic carbocycles. The summed E-state index contributed by atoms with van der Waals surface area (Å²) in [5, 5.41) is 0. The van der Waals surface area contributed by atoms with Crippen LogP contribution in [0.25, 0.3) is 0 Å². The number of rotatable bonds is 39. The molecule has 0 N–H and O–H groups in total. The fourth-order valence-electron chi connectivity index (χ4n) is 5.60. The first kappa shape index (κ1) is 54.8. The van der Waals surface area contributed by atoms with Gasteiger partial charge in [-0.1, -0.05) is 187 Å². The van der Waals surface area contributed by atoms with Crippen LogP contribution in [0.2, 0.25) is 0 Å². The van der Waals surface area contributed by atoms with Crippen LogP contribution in [0.1, 0.15) is 175 Å². The van der Waals surface area contributed by atoms with Crippen LogP contribution in [0.15, 0.2) is 122 Å². The minimum atomic E-state index is -0.845. The lowest BCUT2D eigenvalue weighted by molar-refractivity contribution is -0.166. The maximum absolute atomic E-state index is 12.7. The normalized spacial score (nSPS) is 13.2. The van der Waals surface area contributed by atoms with E-state index in [1.807, 2.05) is 6.08 Å². The summed E-state index contributed by atoms with van der Waals surface area (Å²) in [6, 6.07) is 0. The molecule has 0 aliphatic rings. The SMILES string of the molecule is CC/C=C\C/C=C\C/C=C\C/C=C\C/C=C\CCCCCC(=O)OCC(COC(=O)CCCCCCCCC)OC(=O)C/C=C\C/C=C\C/C=C\C/C=C\C/C=C\CC. The zero-order chi connectivity index (χ0) is 43.0. The zero-order valence-electron chi connectivity index (χ0n) is 37.5. The summed E-state index contributed by atoms with van der Waals surface area (Å²) in [7, 11) is 0. The van der Waals surface area contributed by atoms with Crippen LogP contribution in [0.4, 0.5) is 0 Å². The van der Waals surface area contributed by atoms with Gasteiger partial charge >= 0.3 is 17.9 Å². The van der Waals surface area contributed by atoms with Gasteiger partial charge < -0.3 is 14.2 Å². The molecule has 0 aliphatic heterocycles. The lowest BCUT2D eigenvalue weighted by Crippen LogP contribution is -2.30. The van der Waals surface area contributed by atoms with Gasteiger partial charge in [0, 0.05) is 12.8 Å². The Bertz CT molecular complexity index is 1300. The molecule has 0 aromatic heterocycles. The maximum Gasteiger partial charge on any atom is 0.310 e. The van der Waals surface area contributed by atoms with Crippen molar-refractivity contribution in [1.82, 2.24) is 0 Å².